The Morgan fingerprint density at radius 1 is 1.43 bits per heavy atom. The normalized spacial score (nSPS) is 19.6. The van der Waals surface area contributed by atoms with Crippen LogP contribution in [0, 0.1) is 5.92 Å². The number of nitrogens with zero attached hydrogens (tertiary/aromatic N) is 2. The Balaban J connectivity index is 2.24. The second-order valence-corrected chi connectivity index (χ2v) is 6.89. The monoisotopic (exact) mass is 357 g/mol. The van der Waals surface area contributed by atoms with Crippen molar-refractivity contribution < 1.29 is 4.74 Å². The molecule has 1 heterocycles. The van der Waals surface area contributed by atoms with Crippen LogP contribution >= 0.6 is 15.9 Å². The summed E-state index contributed by atoms with van der Waals surface area (Å²) in [5, 5.41) is 8.07. The zero-order chi connectivity index (χ0) is 15.2. The van der Waals surface area contributed by atoms with Gasteiger partial charge in [-0.2, -0.15) is 5.10 Å². The highest BCUT2D eigenvalue weighted by molar-refractivity contribution is 9.10. The minimum absolute atomic E-state index is 0.194. The SMILES string of the molecule is CCCNC(c1c(Br)cnn1C)C(OC)C1CCCCC1. The van der Waals surface area contributed by atoms with Gasteiger partial charge in [-0.25, -0.2) is 0 Å². The number of nitrogens with one attached hydrogen (secondary N) is 1. The molecule has 0 saturated heterocycles. The van der Waals surface area contributed by atoms with E-state index in [0.29, 0.717) is 5.92 Å². The molecule has 0 aliphatic heterocycles. The van der Waals surface area contributed by atoms with Gasteiger partial charge in [0.25, 0.3) is 0 Å². The molecule has 0 spiro atoms. The Hall–Kier alpha value is -0.390. The Labute approximate surface area is 136 Å². The van der Waals surface area contributed by atoms with Crippen molar-refractivity contribution in [3.63, 3.8) is 0 Å². The summed E-state index contributed by atoms with van der Waals surface area (Å²) >= 11 is 3.65. The number of aryl methyl sites for hydroxylation is 1. The van der Waals surface area contributed by atoms with Crippen molar-refractivity contribution in [1.82, 2.24) is 15.1 Å². The summed E-state index contributed by atoms with van der Waals surface area (Å²) in [6.07, 6.45) is 9.79. The van der Waals surface area contributed by atoms with Gasteiger partial charge in [0.1, 0.15) is 0 Å². The van der Waals surface area contributed by atoms with Gasteiger partial charge >= 0.3 is 0 Å². The van der Waals surface area contributed by atoms with Crippen molar-refractivity contribution >= 4 is 15.9 Å². The third-order valence-corrected chi connectivity index (χ3v) is 5.17. The average molecular weight is 358 g/mol. The molecule has 0 bridgehead atoms. The van der Waals surface area contributed by atoms with Gasteiger partial charge < -0.3 is 10.1 Å². The third-order valence-electron chi connectivity index (χ3n) is 4.56. The van der Waals surface area contributed by atoms with E-state index in [1.54, 1.807) is 0 Å². The van der Waals surface area contributed by atoms with E-state index >= 15 is 0 Å². The summed E-state index contributed by atoms with van der Waals surface area (Å²) in [5.41, 5.74) is 1.20. The lowest BCUT2D eigenvalue weighted by molar-refractivity contribution is 0.00543. The molecule has 4 nitrogen and oxygen atoms in total. The van der Waals surface area contributed by atoms with Crippen molar-refractivity contribution in [1.29, 1.82) is 0 Å². The first-order valence-corrected chi connectivity index (χ1v) is 8.91. The van der Waals surface area contributed by atoms with Gasteiger partial charge in [0.2, 0.25) is 0 Å². The molecule has 0 amide bonds. The molecule has 0 radical (unpaired) electrons. The topological polar surface area (TPSA) is 39.1 Å². The standard InChI is InChI=1S/C16H28BrN3O/c1-4-10-18-14(15-13(17)11-19-20(15)2)16(21-3)12-8-6-5-7-9-12/h11-12,14,16,18H,4-10H2,1-3H3. The van der Waals surface area contributed by atoms with Crippen molar-refractivity contribution in [2.45, 2.75) is 57.6 Å². The number of hydrogen-bond donors (Lipinski definition) is 1. The molecule has 2 rings (SSSR count). The van der Waals surface area contributed by atoms with Crippen molar-refractivity contribution in [3.8, 4) is 0 Å². The maximum absolute atomic E-state index is 5.96. The molecule has 120 valence electrons. The molecular formula is C16H28BrN3O. The van der Waals surface area contributed by atoms with E-state index in [1.807, 2.05) is 25.0 Å². The highest BCUT2D eigenvalue weighted by atomic mass is 79.9. The van der Waals surface area contributed by atoms with Gasteiger partial charge in [0, 0.05) is 14.2 Å². The maximum atomic E-state index is 5.96. The lowest BCUT2D eigenvalue weighted by Crippen LogP contribution is -2.40. The number of methoxy groups -OCH3 is 1. The van der Waals surface area contributed by atoms with Crippen LogP contribution in [0.25, 0.3) is 0 Å². The first kappa shape index (κ1) is 17.0. The largest absolute Gasteiger partial charge is 0.379 e. The van der Waals surface area contributed by atoms with E-state index in [2.05, 4.69) is 33.3 Å². The molecule has 1 aliphatic rings. The molecule has 2 unspecified atom stereocenters. The van der Waals surface area contributed by atoms with Gasteiger partial charge in [-0.1, -0.05) is 26.2 Å². The zero-order valence-corrected chi connectivity index (χ0v) is 15.0. The van der Waals surface area contributed by atoms with E-state index in [1.165, 1.54) is 37.8 Å². The molecule has 1 saturated carbocycles. The predicted octanol–water partition coefficient (Wildman–Crippen LogP) is 3.82. The molecule has 1 fully saturated rings. The molecule has 21 heavy (non-hydrogen) atoms. The highest BCUT2D eigenvalue weighted by Gasteiger charge is 2.34. The number of ether oxygens (including phenoxy) is 1. The van der Waals surface area contributed by atoms with Gasteiger partial charge in [0.15, 0.2) is 0 Å². The van der Waals surface area contributed by atoms with Gasteiger partial charge in [-0.05, 0) is 47.7 Å². The van der Waals surface area contributed by atoms with Crippen LogP contribution in [0.5, 0.6) is 0 Å². The smallest absolute Gasteiger partial charge is 0.0809 e. The van der Waals surface area contributed by atoms with Crippen LogP contribution in [0.2, 0.25) is 0 Å². The minimum Gasteiger partial charge on any atom is -0.379 e. The predicted molar refractivity (Wildman–Crippen MR) is 89.3 cm³/mol. The van der Waals surface area contributed by atoms with E-state index in [4.69, 9.17) is 4.74 Å². The second-order valence-electron chi connectivity index (χ2n) is 6.03. The molecule has 0 aromatic carbocycles. The van der Waals surface area contributed by atoms with Crippen LogP contribution in [0.3, 0.4) is 0 Å². The van der Waals surface area contributed by atoms with Crippen LogP contribution in [-0.4, -0.2) is 29.5 Å². The molecular weight excluding hydrogens is 330 g/mol. The summed E-state index contributed by atoms with van der Waals surface area (Å²) in [6.45, 7) is 3.19. The quantitative estimate of drug-likeness (QED) is 0.805. The first-order chi connectivity index (χ1) is 10.2. The van der Waals surface area contributed by atoms with Crippen molar-refractivity contribution in [2.24, 2.45) is 13.0 Å². The van der Waals surface area contributed by atoms with Crippen molar-refractivity contribution in [2.75, 3.05) is 13.7 Å². The second kappa shape index (κ2) is 8.30. The molecule has 1 aromatic rings. The maximum Gasteiger partial charge on any atom is 0.0809 e. The molecule has 1 aliphatic carbocycles. The van der Waals surface area contributed by atoms with Gasteiger partial charge in [-0.15, -0.1) is 0 Å². The fourth-order valence-corrected chi connectivity index (χ4v) is 4.10. The first-order valence-electron chi connectivity index (χ1n) is 8.12. The Morgan fingerprint density at radius 2 is 2.14 bits per heavy atom. The Kier molecular flexibility index (Phi) is 6.71. The van der Waals surface area contributed by atoms with E-state index < -0.39 is 0 Å². The minimum atomic E-state index is 0.194. The third kappa shape index (κ3) is 4.08. The van der Waals surface area contributed by atoms with E-state index in [9.17, 15) is 0 Å². The van der Waals surface area contributed by atoms with Crippen LogP contribution in [0.4, 0.5) is 0 Å². The Bertz CT molecular complexity index is 410. The van der Waals surface area contributed by atoms with Crippen LogP contribution in [-0.2, 0) is 11.8 Å². The van der Waals surface area contributed by atoms with Crippen LogP contribution in [0.1, 0.15) is 57.2 Å². The summed E-state index contributed by atoms with van der Waals surface area (Å²) < 4.78 is 8.99. The van der Waals surface area contributed by atoms with Crippen LogP contribution in [0.15, 0.2) is 10.7 Å². The fourth-order valence-electron chi connectivity index (χ4n) is 3.50. The number of aromatic nitrogens is 2. The zero-order valence-electron chi connectivity index (χ0n) is 13.4. The molecule has 1 N–H and O–H groups in total. The highest BCUT2D eigenvalue weighted by Crippen LogP contribution is 2.36. The number of halogens is 1. The summed E-state index contributed by atoms with van der Waals surface area (Å²) in [4.78, 5) is 0. The summed E-state index contributed by atoms with van der Waals surface area (Å²) in [7, 11) is 3.86. The number of hydrogen-bond acceptors (Lipinski definition) is 3. The Morgan fingerprint density at radius 3 is 2.67 bits per heavy atom. The van der Waals surface area contributed by atoms with E-state index in [-0.39, 0.29) is 12.1 Å². The average Bonchev–Trinajstić information content (AvgIpc) is 2.84. The molecule has 1 aromatic heterocycles. The lowest BCUT2D eigenvalue weighted by atomic mass is 9.81. The lowest BCUT2D eigenvalue weighted by Gasteiger charge is -2.35. The molecule has 5 heteroatoms. The number of rotatable bonds is 7. The van der Waals surface area contributed by atoms with Crippen molar-refractivity contribution in [3.05, 3.63) is 16.4 Å². The summed E-state index contributed by atoms with van der Waals surface area (Å²) in [5.74, 6) is 0.639. The molecule has 2 atom stereocenters. The van der Waals surface area contributed by atoms with Gasteiger partial charge in [-0.3, -0.25) is 4.68 Å². The van der Waals surface area contributed by atoms with Gasteiger partial charge in [0.05, 0.1) is 28.5 Å². The van der Waals surface area contributed by atoms with Crippen LogP contribution < -0.4 is 5.32 Å². The van der Waals surface area contributed by atoms with E-state index in [0.717, 1.165) is 17.4 Å². The summed E-state index contributed by atoms with van der Waals surface area (Å²) in [6, 6.07) is 0.194. The fraction of sp³-hybridized carbons (Fsp3) is 0.812.